The molecule has 0 aromatic heterocycles. The molecule has 98 valence electrons. The van der Waals surface area contributed by atoms with Crippen LogP contribution in [0.15, 0.2) is 18.2 Å². The molecule has 0 saturated heterocycles. The highest BCUT2D eigenvalue weighted by Gasteiger charge is 2.40. The van der Waals surface area contributed by atoms with Gasteiger partial charge in [-0.1, -0.05) is 29.3 Å². The molecule has 0 amide bonds. The summed E-state index contributed by atoms with van der Waals surface area (Å²) >= 11 is 0. The number of methoxy groups -OCH3 is 1. The molecule has 0 N–H and O–H groups in total. The fourth-order valence-electron chi connectivity index (χ4n) is 3.06. The van der Waals surface area contributed by atoms with Gasteiger partial charge in [0.05, 0.1) is 0 Å². The molecular formula is C16H22O2. The van der Waals surface area contributed by atoms with Gasteiger partial charge in [0.25, 0.3) is 0 Å². The number of carbonyl (C=O) groups excluding carboxylic acids is 1. The van der Waals surface area contributed by atoms with Gasteiger partial charge in [-0.05, 0) is 45.1 Å². The lowest BCUT2D eigenvalue weighted by Gasteiger charge is -2.25. The second-order valence-corrected chi connectivity index (χ2v) is 5.50. The van der Waals surface area contributed by atoms with Crippen molar-refractivity contribution in [2.75, 3.05) is 7.11 Å². The van der Waals surface area contributed by atoms with Gasteiger partial charge in [-0.2, -0.15) is 0 Å². The second-order valence-electron chi connectivity index (χ2n) is 5.50. The number of benzene rings is 1. The summed E-state index contributed by atoms with van der Waals surface area (Å²) in [5, 5.41) is 0. The van der Waals surface area contributed by atoms with Crippen LogP contribution in [0, 0.1) is 13.8 Å². The molecule has 1 fully saturated rings. The molecular weight excluding hydrogens is 224 g/mol. The highest BCUT2D eigenvalue weighted by Crippen LogP contribution is 2.34. The summed E-state index contributed by atoms with van der Waals surface area (Å²) in [6.45, 7) is 4.14. The van der Waals surface area contributed by atoms with E-state index >= 15 is 0 Å². The fourth-order valence-corrected chi connectivity index (χ4v) is 3.06. The Morgan fingerprint density at radius 1 is 1.17 bits per heavy atom. The fraction of sp³-hybridized carbons (Fsp3) is 0.562. The normalized spacial score (nSPS) is 17.9. The number of ketones is 1. The van der Waals surface area contributed by atoms with Crippen LogP contribution >= 0.6 is 0 Å². The lowest BCUT2D eigenvalue weighted by molar-refractivity contribution is -0.139. The summed E-state index contributed by atoms with van der Waals surface area (Å²) in [5.41, 5.74) is 3.05. The number of hydrogen-bond acceptors (Lipinski definition) is 2. The maximum absolute atomic E-state index is 12.5. The quantitative estimate of drug-likeness (QED) is 0.814. The van der Waals surface area contributed by atoms with Crippen molar-refractivity contribution >= 4 is 5.78 Å². The number of Topliss-reactive ketones (excluding diaryl/α,β-unsaturated/α-hetero) is 1. The van der Waals surface area contributed by atoms with E-state index in [9.17, 15) is 4.79 Å². The van der Waals surface area contributed by atoms with E-state index in [2.05, 4.69) is 32.0 Å². The molecule has 0 radical (unpaired) electrons. The van der Waals surface area contributed by atoms with Crippen LogP contribution in [0.4, 0.5) is 0 Å². The van der Waals surface area contributed by atoms with E-state index in [0.29, 0.717) is 6.42 Å². The number of carbonyl (C=O) groups is 1. The Bertz CT molecular complexity index is 422. The van der Waals surface area contributed by atoms with Crippen LogP contribution in [0.2, 0.25) is 0 Å². The zero-order valence-corrected chi connectivity index (χ0v) is 11.6. The SMILES string of the molecule is COC1(C(=O)Cc2cc(C)cc(C)c2)CCCC1. The summed E-state index contributed by atoms with van der Waals surface area (Å²) in [5.74, 6) is 0.243. The van der Waals surface area contributed by atoms with Crippen molar-refractivity contribution in [3.63, 3.8) is 0 Å². The van der Waals surface area contributed by atoms with Gasteiger partial charge < -0.3 is 4.74 Å². The van der Waals surface area contributed by atoms with Crippen molar-refractivity contribution in [2.24, 2.45) is 0 Å². The van der Waals surface area contributed by atoms with E-state index in [0.717, 1.165) is 31.2 Å². The molecule has 0 unspecified atom stereocenters. The number of aryl methyl sites for hydroxylation is 2. The van der Waals surface area contributed by atoms with Crippen molar-refractivity contribution in [2.45, 2.75) is 51.6 Å². The van der Waals surface area contributed by atoms with Gasteiger partial charge in [-0.3, -0.25) is 4.79 Å². The first-order valence-corrected chi connectivity index (χ1v) is 6.71. The van der Waals surface area contributed by atoms with E-state index < -0.39 is 5.60 Å². The topological polar surface area (TPSA) is 26.3 Å². The van der Waals surface area contributed by atoms with Crippen molar-refractivity contribution in [3.05, 3.63) is 34.9 Å². The largest absolute Gasteiger partial charge is 0.370 e. The average molecular weight is 246 g/mol. The van der Waals surface area contributed by atoms with Crippen LogP contribution in [0.1, 0.15) is 42.4 Å². The summed E-state index contributed by atoms with van der Waals surface area (Å²) < 4.78 is 5.54. The molecule has 1 aliphatic carbocycles. The molecule has 2 heteroatoms. The Morgan fingerprint density at radius 3 is 2.22 bits per heavy atom. The minimum atomic E-state index is -0.502. The highest BCUT2D eigenvalue weighted by atomic mass is 16.5. The number of hydrogen-bond donors (Lipinski definition) is 0. The third-order valence-corrected chi connectivity index (χ3v) is 3.96. The molecule has 0 aliphatic heterocycles. The van der Waals surface area contributed by atoms with Gasteiger partial charge >= 0.3 is 0 Å². The van der Waals surface area contributed by atoms with Gasteiger partial charge in [0, 0.05) is 13.5 Å². The molecule has 2 rings (SSSR count). The molecule has 2 nitrogen and oxygen atoms in total. The summed E-state index contributed by atoms with van der Waals surface area (Å²) in [7, 11) is 1.67. The van der Waals surface area contributed by atoms with Crippen LogP contribution < -0.4 is 0 Å². The van der Waals surface area contributed by atoms with Crippen LogP contribution in [0.5, 0.6) is 0 Å². The van der Waals surface area contributed by atoms with Crippen LogP contribution in [-0.2, 0) is 16.0 Å². The monoisotopic (exact) mass is 246 g/mol. The molecule has 0 bridgehead atoms. The van der Waals surface area contributed by atoms with Gasteiger partial charge in [-0.25, -0.2) is 0 Å². The Kier molecular flexibility index (Phi) is 3.86. The van der Waals surface area contributed by atoms with Crippen LogP contribution in [0.25, 0.3) is 0 Å². The maximum atomic E-state index is 12.5. The van der Waals surface area contributed by atoms with Gasteiger partial charge in [0.2, 0.25) is 0 Å². The highest BCUT2D eigenvalue weighted by molar-refractivity contribution is 5.89. The average Bonchev–Trinajstić information content (AvgIpc) is 2.77. The summed E-state index contributed by atoms with van der Waals surface area (Å²) in [6, 6.07) is 6.34. The minimum absolute atomic E-state index is 0.243. The zero-order chi connectivity index (χ0) is 13.2. The second kappa shape index (κ2) is 5.23. The Morgan fingerprint density at radius 2 is 1.72 bits per heavy atom. The van der Waals surface area contributed by atoms with Crippen molar-refractivity contribution in [3.8, 4) is 0 Å². The number of rotatable bonds is 4. The number of ether oxygens (including phenoxy) is 1. The van der Waals surface area contributed by atoms with E-state index in [-0.39, 0.29) is 5.78 Å². The van der Waals surface area contributed by atoms with Crippen molar-refractivity contribution < 1.29 is 9.53 Å². The molecule has 0 spiro atoms. The standard InChI is InChI=1S/C16H22O2/c1-12-8-13(2)10-14(9-12)11-15(17)16(18-3)6-4-5-7-16/h8-10H,4-7,11H2,1-3H3. The zero-order valence-electron chi connectivity index (χ0n) is 11.6. The van der Waals surface area contributed by atoms with E-state index in [1.165, 1.54) is 11.1 Å². The molecule has 1 aliphatic rings. The van der Waals surface area contributed by atoms with Gasteiger partial charge in [0.1, 0.15) is 5.60 Å². The first-order chi connectivity index (χ1) is 8.55. The Hall–Kier alpha value is -1.15. The third-order valence-electron chi connectivity index (χ3n) is 3.96. The molecule has 1 aromatic rings. The predicted octanol–water partition coefficient (Wildman–Crippen LogP) is 3.37. The first kappa shape index (κ1) is 13.3. The first-order valence-electron chi connectivity index (χ1n) is 6.71. The summed E-state index contributed by atoms with van der Waals surface area (Å²) in [6.07, 6.45) is 4.47. The predicted molar refractivity (Wildman–Crippen MR) is 72.8 cm³/mol. The third kappa shape index (κ3) is 2.64. The molecule has 1 saturated carbocycles. The minimum Gasteiger partial charge on any atom is -0.370 e. The van der Waals surface area contributed by atoms with Crippen LogP contribution in [0.3, 0.4) is 0 Å². The lowest BCUT2D eigenvalue weighted by Crippen LogP contribution is -2.38. The van der Waals surface area contributed by atoms with Crippen molar-refractivity contribution in [1.29, 1.82) is 0 Å². The Labute approximate surface area is 109 Å². The maximum Gasteiger partial charge on any atom is 0.168 e. The molecule has 18 heavy (non-hydrogen) atoms. The van der Waals surface area contributed by atoms with E-state index in [4.69, 9.17) is 4.74 Å². The summed E-state index contributed by atoms with van der Waals surface area (Å²) in [4.78, 5) is 12.5. The smallest absolute Gasteiger partial charge is 0.168 e. The lowest BCUT2D eigenvalue weighted by atomic mass is 9.90. The van der Waals surface area contributed by atoms with E-state index in [1.54, 1.807) is 7.11 Å². The Balaban J connectivity index is 2.15. The molecule has 0 atom stereocenters. The molecule has 0 heterocycles. The van der Waals surface area contributed by atoms with Gasteiger partial charge in [-0.15, -0.1) is 0 Å². The van der Waals surface area contributed by atoms with Gasteiger partial charge in [0.15, 0.2) is 5.78 Å². The van der Waals surface area contributed by atoms with Crippen LogP contribution in [-0.4, -0.2) is 18.5 Å². The molecule has 1 aromatic carbocycles. The van der Waals surface area contributed by atoms with Crippen molar-refractivity contribution in [1.82, 2.24) is 0 Å². The van der Waals surface area contributed by atoms with E-state index in [1.807, 2.05) is 0 Å².